The van der Waals surface area contributed by atoms with Gasteiger partial charge in [0.2, 0.25) is 0 Å². The number of hydrogen-bond acceptors (Lipinski definition) is 2. The maximum atomic E-state index is 12.1. The van der Waals surface area contributed by atoms with Crippen molar-refractivity contribution in [2.24, 2.45) is 5.92 Å². The molecule has 0 aliphatic heterocycles. The minimum Gasteiger partial charge on any atom is -0.370 e. The SMILES string of the molecule is C=C(C)CC(=O)C(OCC)C1CCCCC1. The predicted molar refractivity (Wildman–Crippen MR) is 66.4 cm³/mol. The van der Waals surface area contributed by atoms with E-state index in [9.17, 15) is 4.79 Å². The molecular formula is C14H24O2. The highest BCUT2D eigenvalue weighted by Crippen LogP contribution is 2.29. The number of carbonyl (C=O) groups excluding carboxylic acids is 1. The van der Waals surface area contributed by atoms with Crippen LogP contribution < -0.4 is 0 Å². The molecule has 1 saturated carbocycles. The van der Waals surface area contributed by atoms with Gasteiger partial charge in [-0.1, -0.05) is 31.4 Å². The van der Waals surface area contributed by atoms with Crippen LogP contribution in [0.2, 0.25) is 0 Å². The van der Waals surface area contributed by atoms with Crippen molar-refractivity contribution >= 4 is 5.78 Å². The van der Waals surface area contributed by atoms with Gasteiger partial charge in [-0.25, -0.2) is 0 Å². The lowest BCUT2D eigenvalue weighted by Crippen LogP contribution is -2.34. The first-order chi connectivity index (χ1) is 7.65. The van der Waals surface area contributed by atoms with Crippen molar-refractivity contribution in [2.75, 3.05) is 6.61 Å². The molecule has 0 N–H and O–H groups in total. The maximum absolute atomic E-state index is 12.1. The summed E-state index contributed by atoms with van der Waals surface area (Å²) in [7, 11) is 0. The van der Waals surface area contributed by atoms with E-state index >= 15 is 0 Å². The van der Waals surface area contributed by atoms with Crippen LogP contribution in [0.5, 0.6) is 0 Å². The van der Waals surface area contributed by atoms with Crippen LogP contribution in [-0.4, -0.2) is 18.5 Å². The first-order valence-electron chi connectivity index (χ1n) is 6.43. The van der Waals surface area contributed by atoms with Gasteiger partial charge in [0.25, 0.3) is 0 Å². The van der Waals surface area contributed by atoms with Gasteiger partial charge < -0.3 is 4.74 Å². The fraction of sp³-hybridized carbons (Fsp3) is 0.786. The van der Waals surface area contributed by atoms with Crippen molar-refractivity contribution in [3.8, 4) is 0 Å². The van der Waals surface area contributed by atoms with E-state index in [1.54, 1.807) is 0 Å². The summed E-state index contributed by atoms with van der Waals surface area (Å²) in [5.41, 5.74) is 0.936. The third-order valence-electron chi connectivity index (χ3n) is 3.22. The van der Waals surface area contributed by atoms with Crippen LogP contribution in [0.15, 0.2) is 12.2 Å². The lowest BCUT2D eigenvalue weighted by atomic mass is 9.83. The molecule has 1 rings (SSSR count). The average Bonchev–Trinajstić information content (AvgIpc) is 2.26. The minimum atomic E-state index is -0.179. The molecule has 1 atom stereocenters. The zero-order valence-corrected chi connectivity index (χ0v) is 10.6. The quantitative estimate of drug-likeness (QED) is 0.645. The fourth-order valence-corrected chi connectivity index (χ4v) is 2.51. The molecule has 0 aromatic carbocycles. The first-order valence-corrected chi connectivity index (χ1v) is 6.43. The van der Waals surface area contributed by atoms with E-state index in [1.807, 2.05) is 13.8 Å². The largest absolute Gasteiger partial charge is 0.370 e. The van der Waals surface area contributed by atoms with Crippen LogP contribution >= 0.6 is 0 Å². The number of Topliss-reactive ketones (excluding diaryl/α,β-unsaturated/α-hetero) is 1. The number of rotatable bonds is 6. The molecule has 2 heteroatoms. The van der Waals surface area contributed by atoms with Crippen molar-refractivity contribution in [3.63, 3.8) is 0 Å². The van der Waals surface area contributed by atoms with Gasteiger partial charge in [-0.05, 0) is 32.6 Å². The zero-order chi connectivity index (χ0) is 12.0. The normalized spacial score (nSPS) is 19.4. The standard InChI is InChI=1S/C14H24O2/c1-4-16-14(13(15)10-11(2)3)12-8-6-5-7-9-12/h12,14H,2,4-10H2,1,3H3. The van der Waals surface area contributed by atoms with Crippen LogP contribution in [0.4, 0.5) is 0 Å². The van der Waals surface area contributed by atoms with Crippen LogP contribution in [0.25, 0.3) is 0 Å². The van der Waals surface area contributed by atoms with E-state index in [0.717, 1.165) is 18.4 Å². The predicted octanol–water partition coefficient (Wildman–Crippen LogP) is 3.51. The Morgan fingerprint density at radius 1 is 1.38 bits per heavy atom. The summed E-state index contributed by atoms with van der Waals surface area (Å²) in [5, 5.41) is 0. The molecule has 0 spiro atoms. The number of hydrogen-bond donors (Lipinski definition) is 0. The minimum absolute atomic E-state index is 0.179. The van der Waals surface area contributed by atoms with Crippen LogP contribution in [-0.2, 0) is 9.53 Å². The second-order valence-electron chi connectivity index (χ2n) is 4.87. The molecule has 1 aliphatic carbocycles. The number of carbonyl (C=O) groups is 1. The van der Waals surface area contributed by atoms with E-state index in [4.69, 9.17) is 4.74 Å². The smallest absolute Gasteiger partial charge is 0.165 e. The zero-order valence-electron chi connectivity index (χ0n) is 10.6. The monoisotopic (exact) mass is 224 g/mol. The second kappa shape index (κ2) is 6.85. The molecular weight excluding hydrogens is 200 g/mol. The third kappa shape index (κ3) is 4.09. The molecule has 2 nitrogen and oxygen atoms in total. The third-order valence-corrected chi connectivity index (χ3v) is 3.22. The van der Waals surface area contributed by atoms with E-state index in [0.29, 0.717) is 18.9 Å². The molecule has 1 aliphatic rings. The average molecular weight is 224 g/mol. The molecule has 0 bridgehead atoms. The Morgan fingerprint density at radius 2 is 2.00 bits per heavy atom. The maximum Gasteiger partial charge on any atom is 0.165 e. The van der Waals surface area contributed by atoms with Crippen molar-refractivity contribution in [2.45, 2.75) is 58.5 Å². The molecule has 1 unspecified atom stereocenters. The van der Waals surface area contributed by atoms with Crippen molar-refractivity contribution in [3.05, 3.63) is 12.2 Å². The van der Waals surface area contributed by atoms with Gasteiger partial charge in [-0.3, -0.25) is 4.79 Å². The Morgan fingerprint density at radius 3 is 2.50 bits per heavy atom. The van der Waals surface area contributed by atoms with E-state index in [1.165, 1.54) is 19.3 Å². The van der Waals surface area contributed by atoms with Crippen LogP contribution in [0.3, 0.4) is 0 Å². The van der Waals surface area contributed by atoms with Gasteiger partial charge >= 0.3 is 0 Å². The van der Waals surface area contributed by atoms with E-state index in [-0.39, 0.29) is 11.9 Å². The lowest BCUT2D eigenvalue weighted by Gasteiger charge is -2.29. The molecule has 0 heterocycles. The Kier molecular flexibility index (Phi) is 5.75. The van der Waals surface area contributed by atoms with Crippen LogP contribution in [0.1, 0.15) is 52.4 Å². The summed E-state index contributed by atoms with van der Waals surface area (Å²) in [5.74, 6) is 0.668. The van der Waals surface area contributed by atoms with Crippen molar-refractivity contribution in [1.82, 2.24) is 0 Å². The van der Waals surface area contributed by atoms with Crippen molar-refractivity contribution < 1.29 is 9.53 Å². The summed E-state index contributed by atoms with van der Waals surface area (Å²) < 4.78 is 5.65. The Balaban J connectivity index is 2.57. The molecule has 0 radical (unpaired) electrons. The molecule has 0 amide bonds. The lowest BCUT2D eigenvalue weighted by molar-refractivity contribution is -0.134. The molecule has 0 aromatic heterocycles. The summed E-state index contributed by atoms with van der Waals surface area (Å²) >= 11 is 0. The second-order valence-corrected chi connectivity index (χ2v) is 4.87. The topological polar surface area (TPSA) is 26.3 Å². The highest BCUT2D eigenvalue weighted by atomic mass is 16.5. The van der Waals surface area contributed by atoms with Gasteiger partial charge in [-0.2, -0.15) is 0 Å². The highest BCUT2D eigenvalue weighted by Gasteiger charge is 2.29. The fourth-order valence-electron chi connectivity index (χ4n) is 2.51. The van der Waals surface area contributed by atoms with Gasteiger partial charge in [0, 0.05) is 13.0 Å². The van der Waals surface area contributed by atoms with Gasteiger partial charge in [0.1, 0.15) is 6.10 Å². The Labute approximate surface area is 99.1 Å². The summed E-state index contributed by atoms with van der Waals surface area (Å²) in [6.45, 7) is 8.30. The van der Waals surface area contributed by atoms with E-state index in [2.05, 4.69) is 6.58 Å². The number of ether oxygens (including phenoxy) is 1. The Hall–Kier alpha value is -0.630. The van der Waals surface area contributed by atoms with Gasteiger partial charge in [0.15, 0.2) is 5.78 Å². The Bertz CT molecular complexity index is 239. The molecule has 1 fully saturated rings. The van der Waals surface area contributed by atoms with E-state index < -0.39 is 0 Å². The number of allylic oxidation sites excluding steroid dienone is 1. The van der Waals surface area contributed by atoms with Crippen molar-refractivity contribution in [1.29, 1.82) is 0 Å². The molecule has 0 saturated heterocycles. The van der Waals surface area contributed by atoms with Crippen LogP contribution in [0, 0.1) is 5.92 Å². The highest BCUT2D eigenvalue weighted by molar-refractivity contribution is 5.85. The molecule has 16 heavy (non-hydrogen) atoms. The van der Waals surface area contributed by atoms with Gasteiger partial charge in [0.05, 0.1) is 0 Å². The number of ketones is 1. The first kappa shape index (κ1) is 13.4. The molecule has 0 aromatic rings. The summed E-state index contributed by atoms with van der Waals surface area (Å²) in [4.78, 5) is 12.1. The summed E-state index contributed by atoms with van der Waals surface area (Å²) in [6.07, 6.45) is 6.38. The molecule has 92 valence electrons. The van der Waals surface area contributed by atoms with Gasteiger partial charge in [-0.15, -0.1) is 0 Å². The summed E-state index contributed by atoms with van der Waals surface area (Å²) in [6, 6.07) is 0.